The van der Waals surface area contributed by atoms with Crippen molar-refractivity contribution in [2.75, 3.05) is 6.61 Å². The predicted octanol–water partition coefficient (Wildman–Crippen LogP) is 7.09. The van der Waals surface area contributed by atoms with Crippen molar-refractivity contribution in [3.63, 3.8) is 0 Å². The zero-order valence-electron chi connectivity index (χ0n) is 24.8. The van der Waals surface area contributed by atoms with Crippen LogP contribution in [0, 0.1) is 52.3 Å². The van der Waals surface area contributed by atoms with Gasteiger partial charge in [0.1, 0.15) is 0 Å². The highest BCUT2D eigenvalue weighted by atomic mass is 16.5. The van der Waals surface area contributed by atoms with Crippen LogP contribution in [0.1, 0.15) is 124 Å². The fraction of sp³-hybridized carbons (Fsp3) is 0.970. The topological polar surface area (TPSA) is 78.8 Å². The molecule has 5 aliphatic rings. The summed E-state index contributed by atoms with van der Waals surface area (Å²) in [6.07, 6.45) is 16.3. The average molecular weight is 532 g/mol. The molecule has 0 aliphatic heterocycles. The summed E-state index contributed by atoms with van der Waals surface area (Å²) in [5.41, 5.74) is 0.521. The number of rotatable bonds is 6. The van der Waals surface area contributed by atoms with Crippen LogP contribution in [0.4, 0.5) is 4.79 Å². The van der Waals surface area contributed by atoms with Crippen LogP contribution in [0.25, 0.3) is 0 Å². The van der Waals surface area contributed by atoms with Gasteiger partial charge in [0, 0.05) is 6.04 Å². The molecule has 5 aliphatic carbocycles. The maximum atomic E-state index is 12.5. The summed E-state index contributed by atoms with van der Waals surface area (Å²) < 4.78 is 5.69. The predicted molar refractivity (Wildman–Crippen MR) is 152 cm³/mol. The molecule has 38 heavy (non-hydrogen) atoms. The lowest BCUT2D eigenvalue weighted by Gasteiger charge is -2.64. The van der Waals surface area contributed by atoms with Crippen molar-refractivity contribution in [2.45, 2.75) is 142 Å². The molecule has 5 saturated carbocycles. The summed E-state index contributed by atoms with van der Waals surface area (Å²) in [5.74, 6) is 3.48. The molecule has 3 N–H and O–H groups in total. The van der Waals surface area contributed by atoms with Crippen LogP contribution in [-0.4, -0.2) is 41.2 Å². The molecule has 0 heterocycles. The standard InChI is InChI=1S/C33H57NO4/c1-5-24-28-20-23(35)14-17-33(28,4)27-15-18-32(3)25(12-13-26(32)29(27)30(24)36)21(2)16-19-38-31(37)34-22-10-8-6-7-9-11-22/h21-30,35-36H,5-20H2,1-4H3,(H,34,37)/t21-,23-,24-,25-,26+,27+,28+,29?,30-,32?,33?/m1/s1. The minimum Gasteiger partial charge on any atom is -0.450 e. The summed E-state index contributed by atoms with van der Waals surface area (Å²) in [7, 11) is 0. The van der Waals surface area contributed by atoms with Crippen LogP contribution >= 0.6 is 0 Å². The van der Waals surface area contributed by atoms with E-state index in [4.69, 9.17) is 4.74 Å². The molecule has 1 amide bonds. The maximum Gasteiger partial charge on any atom is 0.407 e. The highest BCUT2D eigenvalue weighted by Crippen LogP contribution is 2.69. The Morgan fingerprint density at radius 1 is 0.921 bits per heavy atom. The summed E-state index contributed by atoms with van der Waals surface area (Å²) in [6.45, 7) is 10.2. The highest BCUT2D eigenvalue weighted by Gasteiger charge is 2.64. The van der Waals surface area contributed by atoms with Crippen molar-refractivity contribution >= 4 is 6.09 Å². The highest BCUT2D eigenvalue weighted by molar-refractivity contribution is 5.67. The number of fused-ring (bicyclic) bond motifs is 5. The quantitative estimate of drug-likeness (QED) is 0.320. The second-order valence-electron chi connectivity index (χ2n) is 14.9. The largest absolute Gasteiger partial charge is 0.450 e. The molecule has 0 spiro atoms. The molecular weight excluding hydrogens is 474 g/mol. The summed E-state index contributed by atoms with van der Waals surface area (Å²) >= 11 is 0. The molecule has 5 rings (SSSR count). The molecule has 0 aromatic heterocycles. The Balaban J connectivity index is 1.21. The Morgan fingerprint density at radius 2 is 1.61 bits per heavy atom. The Kier molecular flexibility index (Phi) is 8.75. The monoisotopic (exact) mass is 531 g/mol. The Bertz CT molecular complexity index is 811. The number of carbonyl (C=O) groups is 1. The lowest BCUT2D eigenvalue weighted by Crippen LogP contribution is -2.62. The molecule has 5 heteroatoms. The molecule has 0 saturated heterocycles. The van der Waals surface area contributed by atoms with E-state index in [1.54, 1.807) is 0 Å². The number of ether oxygens (including phenoxy) is 1. The minimum absolute atomic E-state index is 0.187. The SMILES string of the molecule is CC[C@H]1[C@@H](O)C2[C@@H]3CC[C@H]([C@H](C)CCOC(=O)NC4CCCCCC4)C3(C)CC[C@@H]2C2(C)CC[C@@H](O)C[C@@H]12. The van der Waals surface area contributed by atoms with Gasteiger partial charge in [-0.05, 0) is 116 Å². The molecule has 218 valence electrons. The molecule has 5 fully saturated rings. The van der Waals surface area contributed by atoms with Crippen LogP contribution < -0.4 is 5.32 Å². The summed E-state index contributed by atoms with van der Waals surface area (Å²) in [6, 6.07) is 0.287. The van der Waals surface area contributed by atoms with Crippen molar-refractivity contribution in [1.29, 1.82) is 0 Å². The van der Waals surface area contributed by atoms with Gasteiger partial charge in [-0.2, -0.15) is 0 Å². The number of hydrogen-bond acceptors (Lipinski definition) is 4. The van der Waals surface area contributed by atoms with Gasteiger partial charge in [-0.3, -0.25) is 0 Å². The van der Waals surface area contributed by atoms with Crippen molar-refractivity contribution in [2.24, 2.45) is 52.3 Å². The molecule has 3 unspecified atom stereocenters. The number of hydrogen-bond donors (Lipinski definition) is 3. The first-order valence-corrected chi connectivity index (χ1v) is 16.5. The van der Waals surface area contributed by atoms with E-state index in [9.17, 15) is 15.0 Å². The molecule has 11 atom stereocenters. The molecule has 5 nitrogen and oxygen atoms in total. The zero-order chi connectivity index (χ0) is 27.1. The van der Waals surface area contributed by atoms with Crippen LogP contribution in [0.3, 0.4) is 0 Å². The third-order valence-electron chi connectivity index (χ3n) is 13.1. The number of aliphatic hydroxyl groups is 2. The Hall–Kier alpha value is -0.810. The van der Waals surface area contributed by atoms with E-state index in [-0.39, 0.29) is 35.2 Å². The fourth-order valence-corrected chi connectivity index (χ4v) is 11.1. The lowest BCUT2D eigenvalue weighted by atomic mass is 9.41. The molecular formula is C33H57NO4. The van der Waals surface area contributed by atoms with Gasteiger partial charge in [-0.1, -0.05) is 59.8 Å². The van der Waals surface area contributed by atoms with Gasteiger partial charge in [0.25, 0.3) is 0 Å². The van der Waals surface area contributed by atoms with E-state index in [0.717, 1.165) is 44.9 Å². The maximum absolute atomic E-state index is 12.5. The summed E-state index contributed by atoms with van der Waals surface area (Å²) in [4.78, 5) is 12.5. The third-order valence-corrected chi connectivity index (χ3v) is 13.1. The second kappa shape index (κ2) is 11.6. The van der Waals surface area contributed by atoms with E-state index < -0.39 is 0 Å². The van der Waals surface area contributed by atoms with E-state index in [1.165, 1.54) is 51.4 Å². The van der Waals surface area contributed by atoms with Crippen molar-refractivity contribution in [1.82, 2.24) is 5.32 Å². The van der Waals surface area contributed by atoms with Gasteiger partial charge in [0.2, 0.25) is 0 Å². The van der Waals surface area contributed by atoms with E-state index in [1.807, 2.05) is 0 Å². The van der Waals surface area contributed by atoms with E-state index in [2.05, 4.69) is 33.0 Å². The van der Waals surface area contributed by atoms with Crippen LogP contribution in [0.15, 0.2) is 0 Å². The molecule has 0 bridgehead atoms. The normalized spacial score (nSPS) is 46.3. The first-order valence-electron chi connectivity index (χ1n) is 16.5. The van der Waals surface area contributed by atoms with Crippen molar-refractivity contribution in [3.8, 4) is 0 Å². The number of alkyl carbamates (subject to hydrolysis) is 1. The number of aliphatic hydroxyl groups excluding tert-OH is 2. The van der Waals surface area contributed by atoms with Gasteiger partial charge < -0.3 is 20.3 Å². The van der Waals surface area contributed by atoms with Gasteiger partial charge >= 0.3 is 6.09 Å². The number of amides is 1. The first-order chi connectivity index (χ1) is 18.2. The van der Waals surface area contributed by atoms with Crippen molar-refractivity contribution < 1.29 is 19.7 Å². The summed E-state index contributed by atoms with van der Waals surface area (Å²) in [5, 5.41) is 25.6. The Labute approximate surface area is 232 Å². The number of carbonyl (C=O) groups excluding carboxylic acids is 1. The molecule has 0 aromatic carbocycles. The third kappa shape index (κ3) is 5.17. The second-order valence-corrected chi connectivity index (χ2v) is 14.9. The van der Waals surface area contributed by atoms with E-state index in [0.29, 0.717) is 48.0 Å². The van der Waals surface area contributed by atoms with Gasteiger partial charge in [-0.15, -0.1) is 0 Å². The van der Waals surface area contributed by atoms with E-state index >= 15 is 0 Å². The average Bonchev–Trinajstić information content (AvgIpc) is 3.04. The van der Waals surface area contributed by atoms with Crippen LogP contribution in [0.2, 0.25) is 0 Å². The smallest absolute Gasteiger partial charge is 0.407 e. The van der Waals surface area contributed by atoms with Gasteiger partial charge in [-0.25, -0.2) is 4.79 Å². The molecule has 0 aromatic rings. The zero-order valence-corrected chi connectivity index (χ0v) is 24.8. The Morgan fingerprint density at radius 3 is 2.32 bits per heavy atom. The minimum atomic E-state index is -0.233. The van der Waals surface area contributed by atoms with Crippen LogP contribution in [-0.2, 0) is 4.74 Å². The number of nitrogens with one attached hydrogen (secondary N) is 1. The van der Waals surface area contributed by atoms with Gasteiger partial charge in [0.15, 0.2) is 0 Å². The first kappa shape index (κ1) is 28.7. The van der Waals surface area contributed by atoms with Gasteiger partial charge in [0.05, 0.1) is 18.8 Å². The molecule has 0 radical (unpaired) electrons. The fourth-order valence-electron chi connectivity index (χ4n) is 11.1. The van der Waals surface area contributed by atoms with Crippen LogP contribution in [0.5, 0.6) is 0 Å². The lowest BCUT2D eigenvalue weighted by molar-refractivity contribution is -0.203. The van der Waals surface area contributed by atoms with Crippen molar-refractivity contribution in [3.05, 3.63) is 0 Å².